The molecule has 4 rings (SSSR count). The maximum atomic E-state index is 4.27. The molecular weight excluding hydrogens is 290 g/mol. The fourth-order valence-corrected chi connectivity index (χ4v) is 3.03. The Hall–Kier alpha value is -2.25. The Kier molecular flexibility index (Phi) is 3.80. The molecule has 2 N–H and O–H groups in total. The summed E-state index contributed by atoms with van der Waals surface area (Å²) in [6.45, 7) is 3.09. The van der Waals surface area contributed by atoms with E-state index < -0.39 is 0 Å². The van der Waals surface area contributed by atoms with Crippen LogP contribution in [0.1, 0.15) is 18.5 Å². The van der Waals surface area contributed by atoms with Gasteiger partial charge < -0.3 is 15.2 Å². The molecule has 1 saturated heterocycles. The van der Waals surface area contributed by atoms with E-state index in [1.165, 1.54) is 12.8 Å². The van der Waals surface area contributed by atoms with Gasteiger partial charge in [-0.1, -0.05) is 5.21 Å². The fraction of sp³-hybridized carbons (Fsp3) is 0.438. The molecule has 0 aliphatic carbocycles. The van der Waals surface area contributed by atoms with E-state index in [0.717, 1.165) is 42.0 Å². The highest BCUT2D eigenvalue weighted by molar-refractivity contribution is 5.76. The summed E-state index contributed by atoms with van der Waals surface area (Å²) >= 11 is 0. The van der Waals surface area contributed by atoms with Gasteiger partial charge in [0.25, 0.3) is 0 Å². The van der Waals surface area contributed by atoms with Gasteiger partial charge in [0.2, 0.25) is 0 Å². The third-order valence-corrected chi connectivity index (χ3v) is 4.50. The molecule has 1 aromatic carbocycles. The summed E-state index contributed by atoms with van der Waals surface area (Å²) in [5.41, 5.74) is 3.91. The van der Waals surface area contributed by atoms with Crippen LogP contribution in [0.2, 0.25) is 0 Å². The molecule has 0 spiro atoms. The van der Waals surface area contributed by atoms with Gasteiger partial charge in [0.05, 0.1) is 34.9 Å². The minimum absolute atomic E-state index is 0.581. The smallest absolute Gasteiger partial charge is 0.0969 e. The van der Waals surface area contributed by atoms with Crippen molar-refractivity contribution < 1.29 is 0 Å². The lowest BCUT2D eigenvalue weighted by Gasteiger charge is -2.29. The number of hydrogen-bond acceptors (Lipinski definition) is 5. The summed E-state index contributed by atoms with van der Waals surface area (Å²) in [7, 11) is 2.18. The van der Waals surface area contributed by atoms with E-state index in [0.29, 0.717) is 6.04 Å². The molecule has 23 heavy (non-hydrogen) atoms. The van der Waals surface area contributed by atoms with Gasteiger partial charge in [-0.25, -0.2) is 9.67 Å². The van der Waals surface area contributed by atoms with Crippen LogP contribution in [-0.4, -0.2) is 56.0 Å². The Bertz CT molecular complexity index is 782. The van der Waals surface area contributed by atoms with E-state index in [4.69, 9.17) is 0 Å². The lowest BCUT2D eigenvalue weighted by molar-refractivity contribution is 0.233. The molecule has 0 amide bonds. The molecule has 0 unspecified atom stereocenters. The van der Waals surface area contributed by atoms with Crippen LogP contribution in [-0.2, 0) is 6.54 Å². The minimum atomic E-state index is 0.581. The van der Waals surface area contributed by atoms with E-state index in [9.17, 15) is 0 Å². The monoisotopic (exact) mass is 311 g/mol. The highest BCUT2D eigenvalue weighted by Gasteiger charge is 2.16. The van der Waals surface area contributed by atoms with Crippen LogP contribution in [0.5, 0.6) is 0 Å². The molecule has 0 radical (unpaired) electrons. The maximum absolute atomic E-state index is 4.27. The number of fused-ring (bicyclic) bond motifs is 1. The van der Waals surface area contributed by atoms with Gasteiger partial charge >= 0.3 is 0 Å². The molecule has 1 aliphatic heterocycles. The van der Waals surface area contributed by atoms with E-state index in [1.807, 2.05) is 29.1 Å². The number of nitrogens with one attached hydrogen (secondary N) is 2. The number of rotatable bonds is 4. The minimum Gasteiger partial charge on any atom is -0.345 e. The van der Waals surface area contributed by atoms with Gasteiger partial charge in [-0.15, -0.1) is 5.10 Å². The SMILES string of the molecule is CN1CCC(NCc2cn(-c3ccc4nc[nH]c4c3)nn2)CC1. The van der Waals surface area contributed by atoms with Crippen molar-refractivity contribution in [2.45, 2.75) is 25.4 Å². The second-order valence-electron chi connectivity index (χ2n) is 6.22. The third kappa shape index (κ3) is 3.11. The zero-order valence-corrected chi connectivity index (χ0v) is 13.2. The van der Waals surface area contributed by atoms with E-state index >= 15 is 0 Å². The van der Waals surface area contributed by atoms with Crippen LogP contribution in [0.4, 0.5) is 0 Å². The van der Waals surface area contributed by atoms with Crippen LogP contribution < -0.4 is 5.32 Å². The second kappa shape index (κ2) is 6.10. The molecule has 3 aromatic rings. The summed E-state index contributed by atoms with van der Waals surface area (Å²) in [5.74, 6) is 0. The summed E-state index contributed by atoms with van der Waals surface area (Å²) in [4.78, 5) is 9.73. The van der Waals surface area contributed by atoms with E-state index in [-0.39, 0.29) is 0 Å². The van der Waals surface area contributed by atoms with E-state index in [1.54, 1.807) is 6.33 Å². The first kappa shape index (κ1) is 14.3. The van der Waals surface area contributed by atoms with Crippen molar-refractivity contribution in [3.05, 3.63) is 36.4 Å². The average Bonchev–Trinajstić information content (AvgIpc) is 3.22. The van der Waals surface area contributed by atoms with Gasteiger partial charge in [0.15, 0.2) is 0 Å². The van der Waals surface area contributed by atoms with Crippen molar-refractivity contribution in [1.82, 2.24) is 35.2 Å². The molecule has 0 atom stereocenters. The summed E-state index contributed by atoms with van der Waals surface area (Å²) in [6, 6.07) is 6.61. The summed E-state index contributed by atoms with van der Waals surface area (Å²) in [5, 5.41) is 12.1. The molecular formula is C16H21N7. The number of aromatic amines is 1. The van der Waals surface area contributed by atoms with Crippen LogP contribution in [0.15, 0.2) is 30.7 Å². The predicted octanol–water partition coefficient (Wildman–Crippen LogP) is 1.33. The molecule has 1 aliphatic rings. The van der Waals surface area contributed by atoms with Crippen molar-refractivity contribution in [2.75, 3.05) is 20.1 Å². The largest absolute Gasteiger partial charge is 0.345 e. The zero-order chi connectivity index (χ0) is 15.6. The zero-order valence-electron chi connectivity index (χ0n) is 13.2. The molecule has 7 heteroatoms. The fourth-order valence-electron chi connectivity index (χ4n) is 3.03. The predicted molar refractivity (Wildman–Crippen MR) is 88.4 cm³/mol. The number of H-pyrrole nitrogens is 1. The molecule has 0 saturated carbocycles. The number of benzene rings is 1. The van der Waals surface area contributed by atoms with Gasteiger partial charge in [-0.2, -0.15) is 0 Å². The Morgan fingerprint density at radius 3 is 3.04 bits per heavy atom. The highest BCUT2D eigenvalue weighted by atomic mass is 15.4. The van der Waals surface area contributed by atoms with Crippen LogP contribution >= 0.6 is 0 Å². The van der Waals surface area contributed by atoms with Crippen LogP contribution in [0.25, 0.3) is 16.7 Å². The van der Waals surface area contributed by atoms with Gasteiger partial charge in [-0.3, -0.25) is 0 Å². The Labute approximate surface area is 134 Å². The lowest BCUT2D eigenvalue weighted by atomic mass is 10.1. The number of likely N-dealkylation sites (tertiary alicyclic amines) is 1. The first-order valence-electron chi connectivity index (χ1n) is 8.04. The quantitative estimate of drug-likeness (QED) is 0.760. The van der Waals surface area contributed by atoms with Crippen molar-refractivity contribution in [3.63, 3.8) is 0 Å². The Balaban J connectivity index is 1.42. The maximum Gasteiger partial charge on any atom is 0.0969 e. The Morgan fingerprint density at radius 2 is 2.17 bits per heavy atom. The lowest BCUT2D eigenvalue weighted by Crippen LogP contribution is -2.40. The highest BCUT2D eigenvalue weighted by Crippen LogP contribution is 2.15. The first-order valence-corrected chi connectivity index (χ1v) is 8.04. The van der Waals surface area contributed by atoms with Gasteiger partial charge in [0, 0.05) is 12.6 Å². The van der Waals surface area contributed by atoms with Crippen molar-refractivity contribution in [3.8, 4) is 5.69 Å². The van der Waals surface area contributed by atoms with Gasteiger partial charge in [-0.05, 0) is 51.2 Å². The van der Waals surface area contributed by atoms with E-state index in [2.05, 4.69) is 37.5 Å². The van der Waals surface area contributed by atoms with Crippen molar-refractivity contribution in [2.24, 2.45) is 0 Å². The average molecular weight is 311 g/mol. The number of hydrogen-bond donors (Lipinski definition) is 2. The number of aromatic nitrogens is 5. The van der Waals surface area contributed by atoms with Crippen LogP contribution in [0.3, 0.4) is 0 Å². The third-order valence-electron chi connectivity index (χ3n) is 4.50. The summed E-state index contributed by atoms with van der Waals surface area (Å²) in [6.07, 6.45) is 6.08. The number of piperidine rings is 1. The van der Waals surface area contributed by atoms with Gasteiger partial charge in [0.1, 0.15) is 0 Å². The van der Waals surface area contributed by atoms with Crippen molar-refractivity contribution >= 4 is 11.0 Å². The molecule has 120 valence electrons. The van der Waals surface area contributed by atoms with Crippen molar-refractivity contribution in [1.29, 1.82) is 0 Å². The Morgan fingerprint density at radius 1 is 1.30 bits per heavy atom. The normalized spacial score (nSPS) is 17.1. The number of imidazole rings is 1. The van der Waals surface area contributed by atoms with Crippen LogP contribution in [0, 0.1) is 0 Å². The standard InChI is InChI=1S/C16H21N7/c1-22-6-4-12(5-7-22)17-9-13-10-23(21-20-13)14-2-3-15-16(8-14)19-11-18-15/h2-3,8,10-12,17H,4-7,9H2,1H3,(H,18,19). The first-order chi connectivity index (χ1) is 11.3. The topological polar surface area (TPSA) is 74.7 Å². The molecule has 1 fully saturated rings. The number of nitrogens with zero attached hydrogens (tertiary/aromatic N) is 5. The second-order valence-corrected chi connectivity index (χ2v) is 6.22. The molecule has 0 bridgehead atoms. The molecule has 3 heterocycles. The molecule has 2 aromatic heterocycles. The molecule has 7 nitrogen and oxygen atoms in total. The summed E-state index contributed by atoms with van der Waals surface area (Å²) < 4.78 is 1.81.